The van der Waals surface area contributed by atoms with E-state index >= 15 is 0 Å². The summed E-state index contributed by atoms with van der Waals surface area (Å²) >= 11 is 0. The van der Waals surface area contributed by atoms with Crippen molar-refractivity contribution in [2.75, 3.05) is 31.5 Å². The van der Waals surface area contributed by atoms with E-state index in [-0.39, 0.29) is 23.5 Å². The SMILES string of the molecule is C=CCCC1CCCN(C(=O)Nc2n[nH]nc2C(=O)N2CCCC2)C1. The topological polar surface area (TPSA) is 94.2 Å². The maximum absolute atomic E-state index is 12.6. The van der Waals surface area contributed by atoms with Gasteiger partial charge >= 0.3 is 6.03 Å². The van der Waals surface area contributed by atoms with Gasteiger partial charge in [-0.2, -0.15) is 5.21 Å². The molecule has 2 aliphatic rings. The average Bonchev–Trinajstić information content (AvgIpc) is 3.31. The molecule has 2 saturated heterocycles. The Bertz CT molecular complexity index is 622. The number of nitrogens with zero attached hydrogens (tertiary/aromatic N) is 4. The van der Waals surface area contributed by atoms with Gasteiger partial charge < -0.3 is 9.80 Å². The van der Waals surface area contributed by atoms with E-state index in [0.29, 0.717) is 5.92 Å². The Kier molecular flexibility index (Phi) is 5.67. The number of H-pyrrole nitrogens is 1. The quantitative estimate of drug-likeness (QED) is 0.800. The molecule has 0 saturated carbocycles. The van der Waals surface area contributed by atoms with E-state index in [1.54, 1.807) is 9.80 Å². The number of carbonyl (C=O) groups excluding carboxylic acids is 2. The Hall–Kier alpha value is -2.38. The molecule has 3 amide bonds. The van der Waals surface area contributed by atoms with E-state index in [1.165, 1.54) is 0 Å². The molecule has 2 N–H and O–H groups in total. The Labute approximate surface area is 147 Å². The van der Waals surface area contributed by atoms with Crippen molar-refractivity contribution in [2.24, 2.45) is 5.92 Å². The van der Waals surface area contributed by atoms with Crippen LogP contribution in [0.15, 0.2) is 12.7 Å². The summed E-state index contributed by atoms with van der Waals surface area (Å²) in [4.78, 5) is 28.6. The number of carbonyl (C=O) groups is 2. The molecule has 8 heteroatoms. The van der Waals surface area contributed by atoms with Gasteiger partial charge in [-0.1, -0.05) is 6.08 Å². The summed E-state index contributed by atoms with van der Waals surface area (Å²) in [5, 5.41) is 13.1. The molecule has 8 nitrogen and oxygen atoms in total. The van der Waals surface area contributed by atoms with Crippen LogP contribution in [0, 0.1) is 5.92 Å². The lowest BCUT2D eigenvalue weighted by Crippen LogP contribution is -2.42. The third kappa shape index (κ3) is 4.18. The van der Waals surface area contributed by atoms with Gasteiger partial charge in [-0.25, -0.2) is 4.79 Å². The first kappa shape index (κ1) is 17.4. The van der Waals surface area contributed by atoms with Gasteiger partial charge in [0, 0.05) is 26.2 Å². The maximum atomic E-state index is 12.6. The van der Waals surface area contributed by atoms with Crippen molar-refractivity contribution in [1.29, 1.82) is 0 Å². The molecule has 1 aromatic rings. The molecule has 1 unspecified atom stereocenters. The van der Waals surface area contributed by atoms with Crippen molar-refractivity contribution in [3.05, 3.63) is 18.3 Å². The van der Waals surface area contributed by atoms with Crippen molar-refractivity contribution < 1.29 is 9.59 Å². The van der Waals surface area contributed by atoms with E-state index in [2.05, 4.69) is 27.3 Å². The number of rotatable bonds is 5. The predicted molar refractivity (Wildman–Crippen MR) is 94.3 cm³/mol. The van der Waals surface area contributed by atoms with Crippen LogP contribution in [-0.2, 0) is 0 Å². The van der Waals surface area contributed by atoms with Crippen molar-refractivity contribution in [2.45, 2.75) is 38.5 Å². The van der Waals surface area contributed by atoms with Crippen LogP contribution in [0.25, 0.3) is 0 Å². The minimum absolute atomic E-state index is 0.177. The number of allylic oxidation sites excluding steroid dienone is 1. The van der Waals surface area contributed by atoms with Crippen molar-refractivity contribution >= 4 is 17.8 Å². The van der Waals surface area contributed by atoms with E-state index in [4.69, 9.17) is 0 Å². The molecular formula is C17H26N6O2. The Morgan fingerprint density at radius 1 is 1.20 bits per heavy atom. The fourth-order valence-corrected chi connectivity index (χ4v) is 3.56. The van der Waals surface area contributed by atoms with E-state index in [1.807, 2.05) is 6.08 Å². The molecule has 0 radical (unpaired) electrons. The molecule has 2 fully saturated rings. The van der Waals surface area contributed by atoms with Crippen LogP contribution < -0.4 is 5.32 Å². The molecule has 0 bridgehead atoms. The van der Waals surface area contributed by atoms with Gasteiger partial charge in [0.25, 0.3) is 5.91 Å². The number of piperidine rings is 1. The van der Waals surface area contributed by atoms with Crippen molar-refractivity contribution in [1.82, 2.24) is 25.2 Å². The number of hydrogen-bond acceptors (Lipinski definition) is 4. The molecule has 2 aliphatic heterocycles. The van der Waals surface area contributed by atoms with Crippen LogP contribution in [0.1, 0.15) is 49.0 Å². The number of aromatic amines is 1. The minimum Gasteiger partial charge on any atom is -0.337 e. The van der Waals surface area contributed by atoms with Crippen molar-refractivity contribution in [3.63, 3.8) is 0 Å². The maximum Gasteiger partial charge on any atom is 0.323 e. The van der Waals surface area contributed by atoms with Gasteiger partial charge in [0.2, 0.25) is 0 Å². The van der Waals surface area contributed by atoms with Gasteiger partial charge in [-0.3, -0.25) is 10.1 Å². The normalized spacial score (nSPS) is 20.6. The summed E-state index contributed by atoms with van der Waals surface area (Å²) in [6.07, 6.45) is 8.09. The number of anilines is 1. The highest BCUT2D eigenvalue weighted by Gasteiger charge is 2.28. The zero-order valence-electron chi connectivity index (χ0n) is 14.5. The van der Waals surface area contributed by atoms with Crippen LogP contribution in [0.5, 0.6) is 0 Å². The second-order valence-electron chi connectivity index (χ2n) is 6.77. The fourth-order valence-electron chi connectivity index (χ4n) is 3.56. The van der Waals surface area contributed by atoms with Crippen LogP contribution in [-0.4, -0.2) is 63.3 Å². The molecular weight excluding hydrogens is 320 g/mol. The summed E-state index contributed by atoms with van der Waals surface area (Å²) < 4.78 is 0. The molecule has 0 aliphatic carbocycles. The van der Waals surface area contributed by atoms with Crippen LogP contribution in [0.3, 0.4) is 0 Å². The molecule has 0 spiro atoms. The standard InChI is InChI=1S/C17H26N6O2/c1-2-3-7-13-8-6-11-23(12-13)17(25)18-15-14(19-21-20-15)16(24)22-9-4-5-10-22/h2,13H,1,3-12H2,(H2,18,19,20,21,25). The number of aromatic nitrogens is 3. The highest BCUT2D eigenvalue weighted by atomic mass is 16.2. The average molecular weight is 346 g/mol. The predicted octanol–water partition coefficient (Wildman–Crippen LogP) is 2.25. The number of likely N-dealkylation sites (tertiary alicyclic amines) is 2. The lowest BCUT2D eigenvalue weighted by Gasteiger charge is -2.32. The molecule has 3 heterocycles. The first-order valence-corrected chi connectivity index (χ1v) is 9.06. The van der Waals surface area contributed by atoms with Gasteiger partial charge in [-0.05, 0) is 44.4 Å². The highest BCUT2D eigenvalue weighted by molar-refractivity contribution is 6.00. The van der Waals surface area contributed by atoms with E-state index < -0.39 is 0 Å². The Morgan fingerprint density at radius 3 is 2.72 bits per heavy atom. The smallest absolute Gasteiger partial charge is 0.323 e. The number of amides is 3. The summed E-state index contributed by atoms with van der Waals surface area (Å²) in [7, 11) is 0. The molecule has 0 aromatic carbocycles. The zero-order valence-corrected chi connectivity index (χ0v) is 14.5. The summed E-state index contributed by atoms with van der Waals surface area (Å²) in [5.41, 5.74) is 0.190. The number of hydrogen-bond donors (Lipinski definition) is 2. The summed E-state index contributed by atoms with van der Waals surface area (Å²) in [5.74, 6) is 0.541. The third-order valence-corrected chi connectivity index (χ3v) is 4.95. The summed E-state index contributed by atoms with van der Waals surface area (Å²) in [6, 6.07) is -0.215. The summed E-state index contributed by atoms with van der Waals surface area (Å²) in [6.45, 7) is 6.68. The largest absolute Gasteiger partial charge is 0.337 e. The van der Waals surface area contributed by atoms with E-state index in [0.717, 1.165) is 64.7 Å². The molecule has 1 aromatic heterocycles. The molecule has 1 atom stereocenters. The molecule has 3 rings (SSSR count). The molecule has 136 valence electrons. The van der Waals surface area contributed by atoms with Crippen molar-refractivity contribution in [3.8, 4) is 0 Å². The molecule has 25 heavy (non-hydrogen) atoms. The fraction of sp³-hybridized carbons (Fsp3) is 0.647. The van der Waals surface area contributed by atoms with Gasteiger partial charge in [0.05, 0.1) is 0 Å². The first-order chi connectivity index (χ1) is 12.2. The monoisotopic (exact) mass is 346 g/mol. The lowest BCUT2D eigenvalue weighted by molar-refractivity contribution is 0.0788. The first-order valence-electron chi connectivity index (χ1n) is 9.06. The number of nitrogens with one attached hydrogen (secondary N) is 2. The van der Waals surface area contributed by atoms with Gasteiger partial charge in [0.15, 0.2) is 11.5 Å². The van der Waals surface area contributed by atoms with Crippen LogP contribution in [0.2, 0.25) is 0 Å². The Morgan fingerprint density at radius 2 is 1.96 bits per heavy atom. The van der Waals surface area contributed by atoms with Gasteiger partial charge in [0.1, 0.15) is 0 Å². The second-order valence-corrected chi connectivity index (χ2v) is 6.77. The van der Waals surface area contributed by atoms with E-state index in [9.17, 15) is 9.59 Å². The minimum atomic E-state index is -0.215. The van der Waals surface area contributed by atoms with Crippen LogP contribution in [0.4, 0.5) is 10.6 Å². The lowest BCUT2D eigenvalue weighted by atomic mass is 9.93. The van der Waals surface area contributed by atoms with Crippen LogP contribution >= 0.6 is 0 Å². The highest BCUT2D eigenvalue weighted by Crippen LogP contribution is 2.22. The Balaban J connectivity index is 1.60. The zero-order chi connectivity index (χ0) is 17.6. The number of urea groups is 1. The second kappa shape index (κ2) is 8.13. The van der Waals surface area contributed by atoms with Gasteiger partial charge in [-0.15, -0.1) is 16.8 Å². The third-order valence-electron chi connectivity index (χ3n) is 4.95.